The van der Waals surface area contributed by atoms with Crippen molar-refractivity contribution in [3.05, 3.63) is 41.6 Å². The fourth-order valence-electron chi connectivity index (χ4n) is 2.56. The summed E-state index contributed by atoms with van der Waals surface area (Å²) in [6, 6.07) is 7.50. The molecule has 1 amide bonds. The molecule has 0 spiro atoms. The highest BCUT2D eigenvalue weighted by atomic mass is 19.3. The normalized spacial score (nSPS) is 21.7. The topological polar surface area (TPSA) is 80.6 Å². The number of carbonyl (C=O) groups excluding carboxylic acids is 1. The Hall–Kier alpha value is -2.77. The van der Waals surface area contributed by atoms with Gasteiger partial charge in [0.25, 0.3) is 11.8 Å². The van der Waals surface area contributed by atoms with E-state index in [0.29, 0.717) is 0 Å². The minimum atomic E-state index is -2.79. The number of carbonyl (C=O) groups is 1. The van der Waals surface area contributed by atoms with Crippen LogP contribution in [0.1, 0.15) is 12.0 Å². The smallest absolute Gasteiger partial charge is 0.267 e. The maximum atomic E-state index is 13.3. The highest BCUT2D eigenvalue weighted by molar-refractivity contribution is 6.28. The van der Waals surface area contributed by atoms with Crippen molar-refractivity contribution in [2.24, 2.45) is 4.99 Å². The Morgan fingerprint density at radius 3 is 2.79 bits per heavy atom. The van der Waals surface area contributed by atoms with Gasteiger partial charge in [-0.25, -0.2) is 8.78 Å². The van der Waals surface area contributed by atoms with Crippen molar-refractivity contribution >= 4 is 23.4 Å². The quantitative estimate of drug-likeness (QED) is 0.725. The largest absolute Gasteiger partial charge is 0.361 e. The van der Waals surface area contributed by atoms with Crippen LogP contribution in [0.3, 0.4) is 0 Å². The van der Waals surface area contributed by atoms with E-state index in [4.69, 9.17) is 5.41 Å². The summed E-state index contributed by atoms with van der Waals surface area (Å²) in [7, 11) is 0. The summed E-state index contributed by atoms with van der Waals surface area (Å²) < 4.78 is 26.6. The first-order chi connectivity index (χ1) is 11.4. The average Bonchev–Trinajstić information content (AvgIpc) is 2.88. The van der Waals surface area contributed by atoms with E-state index in [1.54, 1.807) is 0 Å². The molecule has 1 saturated heterocycles. The number of nitrogens with zero attached hydrogens (tertiary/aromatic N) is 2. The number of aryl methyl sites for hydroxylation is 1. The number of alkyl halides is 2. The van der Waals surface area contributed by atoms with Crippen molar-refractivity contribution in [2.45, 2.75) is 19.3 Å². The zero-order chi connectivity index (χ0) is 17.3. The summed E-state index contributed by atoms with van der Waals surface area (Å²) in [6.45, 7) is 1.51. The number of aliphatic imine (C=N–C) groups is 1. The molecule has 0 unspecified atom stereocenters. The molecule has 0 aromatic heterocycles. The summed E-state index contributed by atoms with van der Waals surface area (Å²) in [5.41, 5.74) is 1.84. The van der Waals surface area contributed by atoms with E-state index in [9.17, 15) is 13.6 Å². The van der Waals surface area contributed by atoms with Crippen LogP contribution in [0.25, 0.3) is 0 Å². The minimum absolute atomic E-state index is 0.00946. The highest BCUT2D eigenvalue weighted by Crippen LogP contribution is 2.27. The fraction of sp³-hybridized carbons (Fsp3) is 0.312. The molecule has 6 nitrogen and oxygen atoms in total. The molecular weight excluding hydrogens is 316 g/mol. The summed E-state index contributed by atoms with van der Waals surface area (Å²) in [4.78, 5) is 17.4. The SMILES string of the molecule is Cc1ccccc1N/C=C1\C(=N)N=C(N2CCC(F)(F)C2)NC1=O. The molecular formula is C16H17F2N5O. The van der Waals surface area contributed by atoms with E-state index in [2.05, 4.69) is 15.6 Å². The first-order valence-electron chi connectivity index (χ1n) is 7.50. The van der Waals surface area contributed by atoms with Gasteiger partial charge in [0.1, 0.15) is 0 Å². The molecule has 1 fully saturated rings. The van der Waals surface area contributed by atoms with E-state index in [1.807, 2.05) is 31.2 Å². The molecule has 0 saturated carbocycles. The average molecular weight is 333 g/mol. The van der Waals surface area contributed by atoms with Crippen LogP contribution in [0.4, 0.5) is 14.5 Å². The Kier molecular flexibility index (Phi) is 4.04. The molecule has 3 rings (SSSR count). The van der Waals surface area contributed by atoms with Gasteiger partial charge in [-0.05, 0) is 18.6 Å². The number of likely N-dealkylation sites (tertiary alicyclic amines) is 1. The van der Waals surface area contributed by atoms with Gasteiger partial charge in [-0.1, -0.05) is 18.2 Å². The van der Waals surface area contributed by atoms with Crippen molar-refractivity contribution in [1.82, 2.24) is 10.2 Å². The third kappa shape index (κ3) is 3.27. The Bertz CT molecular complexity index is 757. The zero-order valence-electron chi connectivity index (χ0n) is 13.1. The number of para-hydroxylation sites is 1. The molecule has 0 bridgehead atoms. The third-order valence-electron chi connectivity index (χ3n) is 3.93. The van der Waals surface area contributed by atoms with Crippen molar-refractivity contribution in [3.8, 4) is 0 Å². The van der Waals surface area contributed by atoms with E-state index in [1.165, 1.54) is 11.1 Å². The van der Waals surface area contributed by atoms with Crippen LogP contribution in [-0.4, -0.2) is 41.6 Å². The molecule has 8 heteroatoms. The van der Waals surface area contributed by atoms with Crippen LogP contribution < -0.4 is 10.6 Å². The van der Waals surface area contributed by atoms with E-state index >= 15 is 0 Å². The van der Waals surface area contributed by atoms with Gasteiger partial charge in [0.2, 0.25) is 5.96 Å². The first-order valence-corrected chi connectivity index (χ1v) is 7.50. The molecule has 0 radical (unpaired) electrons. The lowest BCUT2D eigenvalue weighted by Gasteiger charge is -2.24. The van der Waals surface area contributed by atoms with Gasteiger partial charge in [-0.3, -0.25) is 15.5 Å². The van der Waals surface area contributed by atoms with E-state index < -0.39 is 18.4 Å². The lowest BCUT2D eigenvalue weighted by Crippen LogP contribution is -2.48. The second-order valence-corrected chi connectivity index (χ2v) is 5.78. The van der Waals surface area contributed by atoms with Crippen molar-refractivity contribution < 1.29 is 13.6 Å². The number of nitrogens with one attached hydrogen (secondary N) is 3. The minimum Gasteiger partial charge on any atom is -0.361 e. The molecule has 2 aliphatic heterocycles. The van der Waals surface area contributed by atoms with Crippen LogP contribution in [0.15, 0.2) is 41.0 Å². The summed E-state index contributed by atoms with van der Waals surface area (Å²) in [5.74, 6) is -3.58. The highest BCUT2D eigenvalue weighted by Gasteiger charge is 2.41. The number of guanidine groups is 1. The Morgan fingerprint density at radius 2 is 2.17 bits per heavy atom. The number of hydrogen-bond donors (Lipinski definition) is 3. The molecule has 1 aromatic rings. The van der Waals surface area contributed by atoms with Crippen LogP contribution in [-0.2, 0) is 4.79 Å². The maximum Gasteiger partial charge on any atom is 0.267 e. The van der Waals surface area contributed by atoms with Crippen molar-refractivity contribution in [2.75, 3.05) is 18.4 Å². The Morgan fingerprint density at radius 1 is 1.42 bits per heavy atom. The molecule has 3 N–H and O–H groups in total. The van der Waals surface area contributed by atoms with Gasteiger partial charge in [0, 0.05) is 24.9 Å². The van der Waals surface area contributed by atoms with Crippen LogP contribution in [0.2, 0.25) is 0 Å². The fourth-order valence-corrected chi connectivity index (χ4v) is 2.56. The number of benzene rings is 1. The monoisotopic (exact) mass is 333 g/mol. The number of amides is 1. The van der Waals surface area contributed by atoms with Crippen LogP contribution in [0.5, 0.6) is 0 Å². The summed E-state index contributed by atoms with van der Waals surface area (Å²) in [6.07, 6.45) is 1.12. The van der Waals surface area contributed by atoms with E-state index in [-0.39, 0.29) is 30.3 Å². The lowest BCUT2D eigenvalue weighted by molar-refractivity contribution is -0.116. The number of amidine groups is 1. The van der Waals surface area contributed by atoms with Crippen molar-refractivity contribution in [3.63, 3.8) is 0 Å². The van der Waals surface area contributed by atoms with Gasteiger partial charge in [-0.15, -0.1) is 0 Å². The standard InChI is InChI=1S/C16H17F2N5O/c1-10-4-2-3-5-12(10)20-8-11-13(19)21-15(22-14(11)24)23-7-6-16(17,18)9-23/h2-5,8,20H,6-7,9H2,1H3,(H2,19,21,22,24)/b11-8+. The number of anilines is 1. The molecule has 0 aliphatic carbocycles. The van der Waals surface area contributed by atoms with Gasteiger partial charge in [0.15, 0.2) is 5.84 Å². The number of halogens is 2. The Labute approximate surface area is 137 Å². The van der Waals surface area contributed by atoms with Crippen LogP contribution in [0, 0.1) is 12.3 Å². The van der Waals surface area contributed by atoms with Gasteiger partial charge >= 0.3 is 0 Å². The summed E-state index contributed by atoms with van der Waals surface area (Å²) in [5, 5.41) is 13.4. The summed E-state index contributed by atoms with van der Waals surface area (Å²) >= 11 is 0. The predicted octanol–water partition coefficient (Wildman–Crippen LogP) is 2.09. The zero-order valence-corrected chi connectivity index (χ0v) is 13.1. The number of rotatable bonds is 2. The van der Waals surface area contributed by atoms with Crippen molar-refractivity contribution in [1.29, 1.82) is 5.41 Å². The van der Waals surface area contributed by atoms with Gasteiger partial charge in [-0.2, -0.15) is 4.99 Å². The third-order valence-corrected chi connectivity index (χ3v) is 3.93. The predicted molar refractivity (Wildman–Crippen MR) is 87.3 cm³/mol. The maximum absolute atomic E-state index is 13.3. The Balaban J connectivity index is 1.76. The lowest BCUT2D eigenvalue weighted by atomic mass is 10.2. The molecule has 1 aromatic carbocycles. The molecule has 2 aliphatic rings. The number of hydrogen-bond acceptors (Lipinski definition) is 4. The molecule has 2 heterocycles. The van der Waals surface area contributed by atoms with E-state index in [0.717, 1.165) is 11.3 Å². The molecule has 126 valence electrons. The van der Waals surface area contributed by atoms with Gasteiger partial charge < -0.3 is 10.2 Å². The second kappa shape index (κ2) is 6.03. The molecule has 0 atom stereocenters. The van der Waals surface area contributed by atoms with Gasteiger partial charge in [0.05, 0.1) is 12.1 Å². The molecule has 24 heavy (non-hydrogen) atoms. The van der Waals surface area contributed by atoms with Crippen LogP contribution >= 0.6 is 0 Å². The second-order valence-electron chi connectivity index (χ2n) is 5.78. The first kappa shape index (κ1) is 16.1.